The Balaban J connectivity index is 4.85. The van der Waals surface area contributed by atoms with Crippen LogP contribution < -0.4 is 0 Å². The van der Waals surface area contributed by atoms with Crippen molar-refractivity contribution < 1.29 is 0 Å². The number of hydrogen-bond donors (Lipinski definition) is 0. The Morgan fingerprint density at radius 1 is 0.138 bits per heavy atom. The second kappa shape index (κ2) is 51.8. The van der Waals surface area contributed by atoms with Crippen LogP contribution in [0.1, 0.15) is 342 Å². The molecule has 0 aromatic carbocycles. The molecule has 0 saturated carbocycles. The van der Waals surface area contributed by atoms with Crippen LogP contribution in [0.3, 0.4) is 0 Å². The molecule has 0 nitrogen and oxygen atoms in total. The molecule has 0 rings (SSSR count). The monoisotopic (exact) mass is 835 g/mol. The number of rotatable bonds is 53. The van der Waals surface area contributed by atoms with Crippen molar-refractivity contribution in [2.75, 3.05) is 24.6 Å². The zero-order valence-electron chi connectivity index (χ0n) is 42.0. The summed E-state index contributed by atoms with van der Waals surface area (Å²) in [6.07, 6.45) is 80.0. The van der Waals surface area contributed by atoms with Crippen molar-refractivity contribution in [2.45, 2.75) is 342 Å². The van der Waals surface area contributed by atoms with Crippen LogP contribution in [0.4, 0.5) is 0 Å². The minimum absolute atomic E-state index is 1.18. The van der Waals surface area contributed by atoms with E-state index in [9.17, 15) is 0 Å². The van der Waals surface area contributed by atoms with E-state index >= 15 is 0 Å². The molecule has 0 radical (unpaired) electrons. The fourth-order valence-electron chi connectivity index (χ4n) is 10.3. The standard InChI is InChI=1S/C57H119P/c1-5-9-13-17-21-25-29-30-31-32-33-37-41-45-49-53-57-58(54-50-46-42-38-34-26-22-18-14-10-6-2,55-51-47-43-39-35-27-23-19-15-11-7-3)56-52-48-44-40-36-28-24-20-16-12-8-4/h58H,5-57H2,1-4H3. The van der Waals surface area contributed by atoms with E-state index in [0.29, 0.717) is 0 Å². The fourth-order valence-corrected chi connectivity index (χ4v) is 15.8. The van der Waals surface area contributed by atoms with Gasteiger partial charge in [-0.1, -0.05) is 59.8 Å². The van der Waals surface area contributed by atoms with Gasteiger partial charge in [-0.25, -0.2) is 0 Å². The van der Waals surface area contributed by atoms with Crippen LogP contribution in [0.15, 0.2) is 0 Å². The summed E-state index contributed by atoms with van der Waals surface area (Å²) in [5.74, 6) is 0. The zero-order valence-corrected chi connectivity index (χ0v) is 43.0. The number of unbranched alkanes of at least 4 members (excludes halogenated alkanes) is 45. The summed E-state index contributed by atoms with van der Waals surface area (Å²) in [4.78, 5) is 0. The average molecular weight is 836 g/mol. The van der Waals surface area contributed by atoms with E-state index in [1.807, 2.05) is 0 Å². The van der Waals surface area contributed by atoms with Crippen molar-refractivity contribution in [1.82, 2.24) is 0 Å². The minimum atomic E-state index is -1.18. The summed E-state index contributed by atoms with van der Waals surface area (Å²) in [5.41, 5.74) is 0. The molecule has 0 atom stereocenters. The Kier molecular flexibility index (Phi) is 52.2. The molecule has 0 fully saturated rings. The first kappa shape index (κ1) is 58.4. The Labute approximate surface area is 372 Å². The second-order valence-corrected chi connectivity index (χ2v) is 25.4. The van der Waals surface area contributed by atoms with Gasteiger partial charge in [-0.3, -0.25) is 0 Å². The molecule has 0 aliphatic rings. The number of hydrogen-bond acceptors (Lipinski definition) is 0. The SMILES string of the molecule is CCCCCCCCCCCCCCCCCC[PH](CCCCCCCCCCCCC)(CCCCCCCCCCCCC)CCCCCCCCCCCCC. The van der Waals surface area contributed by atoms with Crippen molar-refractivity contribution in [1.29, 1.82) is 0 Å². The molecule has 352 valence electrons. The Bertz CT molecular complexity index is 635. The van der Waals surface area contributed by atoms with Crippen LogP contribution >= 0.6 is 7.26 Å². The first-order valence-corrected chi connectivity index (χ1v) is 31.6. The van der Waals surface area contributed by atoms with E-state index in [4.69, 9.17) is 0 Å². The molecule has 0 N–H and O–H groups in total. The summed E-state index contributed by atoms with van der Waals surface area (Å²) >= 11 is 0. The average Bonchev–Trinajstić information content (AvgIpc) is 3.23. The third-order valence-corrected chi connectivity index (χ3v) is 20.1. The van der Waals surface area contributed by atoms with E-state index in [1.54, 1.807) is 76.0 Å². The maximum atomic E-state index is 2.34. The third kappa shape index (κ3) is 45.9. The quantitative estimate of drug-likeness (QED) is 0.0423. The topological polar surface area (TPSA) is 0 Å². The molecule has 0 aliphatic heterocycles. The zero-order chi connectivity index (χ0) is 42.0. The molecular formula is C57H119P. The molecule has 0 spiro atoms. The van der Waals surface area contributed by atoms with Gasteiger partial charge in [-0.15, -0.1) is 0 Å². The van der Waals surface area contributed by atoms with Crippen molar-refractivity contribution in [3.8, 4) is 0 Å². The summed E-state index contributed by atoms with van der Waals surface area (Å²) in [7, 11) is -1.18. The summed E-state index contributed by atoms with van der Waals surface area (Å²) in [6.45, 7) is 9.35. The molecule has 0 aromatic heterocycles. The Morgan fingerprint density at radius 2 is 0.241 bits per heavy atom. The molecule has 0 aliphatic carbocycles. The third-order valence-electron chi connectivity index (χ3n) is 14.5. The molecule has 0 unspecified atom stereocenters. The van der Waals surface area contributed by atoms with E-state index in [1.165, 1.54) is 263 Å². The predicted octanol–water partition coefficient (Wildman–Crippen LogP) is 21.9. The van der Waals surface area contributed by atoms with E-state index in [-0.39, 0.29) is 0 Å². The molecular weight excluding hydrogens is 716 g/mol. The van der Waals surface area contributed by atoms with Gasteiger partial charge in [0.25, 0.3) is 0 Å². The van der Waals surface area contributed by atoms with Gasteiger partial charge in [0.15, 0.2) is 0 Å². The van der Waals surface area contributed by atoms with Crippen LogP contribution in [0.25, 0.3) is 0 Å². The van der Waals surface area contributed by atoms with Crippen LogP contribution in [-0.4, -0.2) is 24.6 Å². The maximum absolute atomic E-state index is 2.34. The second-order valence-electron chi connectivity index (χ2n) is 20.4. The predicted molar refractivity (Wildman–Crippen MR) is 277 cm³/mol. The Morgan fingerprint density at radius 3 is 0.362 bits per heavy atom. The van der Waals surface area contributed by atoms with Crippen molar-refractivity contribution >= 4 is 7.26 Å². The van der Waals surface area contributed by atoms with Crippen LogP contribution in [0.5, 0.6) is 0 Å². The minimum Gasteiger partial charge on any atom is -0.0654 e. The van der Waals surface area contributed by atoms with Gasteiger partial charge >= 0.3 is 314 Å². The summed E-state index contributed by atoms with van der Waals surface area (Å²) in [5, 5.41) is 0. The van der Waals surface area contributed by atoms with Crippen LogP contribution in [0, 0.1) is 0 Å². The molecule has 58 heavy (non-hydrogen) atoms. The Hall–Kier alpha value is 0.430. The van der Waals surface area contributed by atoms with Crippen LogP contribution in [-0.2, 0) is 0 Å². The van der Waals surface area contributed by atoms with Gasteiger partial charge in [-0.05, 0) is 0 Å². The molecule has 1 heteroatoms. The van der Waals surface area contributed by atoms with Crippen LogP contribution in [0.2, 0.25) is 0 Å². The summed E-state index contributed by atoms with van der Waals surface area (Å²) in [6, 6.07) is 0. The molecule has 0 aromatic rings. The summed E-state index contributed by atoms with van der Waals surface area (Å²) < 4.78 is 0. The van der Waals surface area contributed by atoms with Gasteiger partial charge < -0.3 is 0 Å². The first-order chi connectivity index (χ1) is 28.7. The van der Waals surface area contributed by atoms with Gasteiger partial charge in [0, 0.05) is 0 Å². The van der Waals surface area contributed by atoms with Gasteiger partial charge in [0.2, 0.25) is 0 Å². The van der Waals surface area contributed by atoms with Crippen molar-refractivity contribution in [3.05, 3.63) is 0 Å². The first-order valence-electron chi connectivity index (χ1n) is 28.7. The fraction of sp³-hybridized carbons (Fsp3) is 1.00. The smallest absolute Gasteiger partial charge is 0.0654 e. The molecule has 0 amide bonds. The van der Waals surface area contributed by atoms with Gasteiger partial charge in [0.05, 0.1) is 0 Å². The molecule has 0 heterocycles. The molecule has 0 bridgehead atoms. The van der Waals surface area contributed by atoms with E-state index in [2.05, 4.69) is 27.7 Å². The van der Waals surface area contributed by atoms with Crippen molar-refractivity contribution in [2.24, 2.45) is 0 Å². The van der Waals surface area contributed by atoms with Crippen molar-refractivity contribution in [3.63, 3.8) is 0 Å². The van der Waals surface area contributed by atoms with E-state index < -0.39 is 7.26 Å². The normalized spacial score (nSPS) is 12.3. The molecule has 0 saturated heterocycles. The van der Waals surface area contributed by atoms with Gasteiger partial charge in [0.1, 0.15) is 0 Å². The van der Waals surface area contributed by atoms with Gasteiger partial charge in [-0.2, -0.15) is 0 Å². The van der Waals surface area contributed by atoms with E-state index in [0.717, 1.165) is 0 Å².